The smallest absolute Gasteiger partial charge is 0.126 e. The largest absolute Gasteiger partial charge is 0.383 e. The van der Waals surface area contributed by atoms with Crippen molar-refractivity contribution >= 4 is 5.82 Å². The fourth-order valence-electron chi connectivity index (χ4n) is 2.73. The number of anilines is 1. The number of ether oxygens (including phenoxy) is 1. The molecule has 0 radical (unpaired) electrons. The van der Waals surface area contributed by atoms with E-state index in [1.165, 1.54) is 19.3 Å². The average molecular weight is 263 g/mol. The summed E-state index contributed by atoms with van der Waals surface area (Å²) >= 11 is 0. The Morgan fingerprint density at radius 1 is 1.53 bits per heavy atom. The summed E-state index contributed by atoms with van der Waals surface area (Å²) in [6.45, 7) is 4.03. The third-order valence-electron chi connectivity index (χ3n) is 3.71. The van der Waals surface area contributed by atoms with Crippen LogP contribution in [0.3, 0.4) is 0 Å². The van der Waals surface area contributed by atoms with Crippen LogP contribution < -0.4 is 11.1 Å². The number of nitrogen functional groups attached to an aromatic ring is 1. The molecule has 2 unspecified atom stereocenters. The highest BCUT2D eigenvalue weighted by molar-refractivity contribution is 5.38. The van der Waals surface area contributed by atoms with E-state index in [2.05, 4.69) is 23.3 Å². The van der Waals surface area contributed by atoms with Gasteiger partial charge in [0.05, 0.1) is 6.10 Å². The fraction of sp³-hybridized carbons (Fsp3) is 0.667. The molecule has 106 valence electrons. The van der Waals surface area contributed by atoms with Crippen LogP contribution in [0.25, 0.3) is 0 Å². The Bertz CT molecular complexity index is 377. The number of hydrogen-bond acceptors (Lipinski definition) is 4. The van der Waals surface area contributed by atoms with E-state index >= 15 is 0 Å². The minimum Gasteiger partial charge on any atom is -0.383 e. The zero-order valence-electron chi connectivity index (χ0n) is 11.8. The number of nitrogens with zero attached hydrogens (tertiary/aromatic N) is 1. The van der Waals surface area contributed by atoms with Crippen LogP contribution >= 0.6 is 0 Å². The maximum Gasteiger partial charge on any atom is 0.126 e. The van der Waals surface area contributed by atoms with E-state index in [9.17, 15) is 0 Å². The topological polar surface area (TPSA) is 60.2 Å². The van der Waals surface area contributed by atoms with E-state index in [4.69, 9.17) is 10.5 Å². The minimum absolute atomic E-state index is 0.399. The van der Waals surface area contributed by atoms with E-state index in [-0.39, 0.29) is 0 Å². The molecule has 19 heavy (non-hydrogen) atoms. The third-order valence-corrected chi connectivity index (χ3v) is 3.71. The van der Waals surface area contributed by atoms with Crippen molar-refractivity contribution in [3.8, 4) is 0 Å². The Labute approximate surface area is 115 Å². The summed E-state index contributed by atoms with van der Waals surface area (Å²) in [5, 5.41) is 3.54. The summed E-state index contributed by atoms with van der Waals surface area (Å²) in [4.78, 5) is 4.16. The molecule has 1 aliphatic heterocycles. The van der Waals surface area contributed by atoms with Crippen molar-refractivity contribution in [1.82, 2.24) is 10.3 Å². The number of likely N-dealkylation sites (N-methyl/N-ethyl adjacent to an activating group) is 1. The molecule has 1 aliphatic rings. The Balaban J connectivity index is 1.93. The van der Waals surface area contributed by atoms with E-state index in [1.807, 2.05) is 6.07 Å². The molecule has 0 aromatic carbocycles. The SMILES string of the molecule is CCNC(Cc1cccnc1N)CC1CCCCO1. The maximum absolute atomic E-state index is 5.93. The van der Waals surface area contributed by atoms with Crippen LogP contribution in [0.5, 0.6) is 0 Å². The summed E-state index contributed by atoms with van der Waals surface area (Å²) in [6, 6.07) is 4.43. The van der Waals surface area contributed by atoms with Gasteiger partial charge in [-0.1, -0.05) is 13.0 Å². The first-order valence-corrected chi connectivity index (χ1v) is 7.34. The lowest BCUT2D eigenvalue weighted by Crippen LogP contribution is -2.36. The first kappa shape index (κ1) is 14.3. The molecule has 0 amide bonds. The summed E-state index contributed by atoms with van der Waals surface area (Å²) in [5.41, 5.74) is 7.06. The summed E-state index contributed by atoms with van der Waals surface area (Å²) in [6.07, 6.45) is 7.80. The monoisotopic (exact) mass is 263 g/mol. The molecule has 4 nitrogen and oxygen atoms in total. The maximum atomic E-state index is 5.93. The van der Waals surface area contributed by atoms with Crippen molar-refractivity contribution in [3.05, 3.63) is 23.9 Å². The van der Waals surface area contributed by atoms with Crippen LogP contribution in [-0.4, -0.2) is 30.3 Å². The predicted octanol–water partition coefficient (Wildman–Crippen LogP) is 2.14. The molecule has 1 fully saturated rings. The number of aromatic nitrogens is 1. The lowest BCUT2D eigenvalue weighted by molar-refractivity contribution is 0.00535. The van der Waals surface area contributed by atoms with Crippen molar-refractivity contribution in [1.29, 1.82) is 0 Å². The van der Waals surface area contributed by atoms with Crippen molar-refractivity contribution < 1.29 is 4.74 Å². The lowest BCUT2D eigenvalue weighted by Gasteiger charge is -2.27. The molecule has 0 saturated carbocycles. The summed E-state index contributed by atoms with van der Waals surface area (Å²) in [7, 11) is 0. The van der Waals surface area contributed by atoms with Crippen LogP contribution in [0, 0.1) is 0 Å². The molecule has 1 saturated heterocycles. The molecule has 2 atom stereocenters. The van der Waals surface area contributed by atoms with Crippen molar-refractivity contribution in [2.75, 3.05) is 18.9 Å². The second-order valence-corrected chi connectivity index (χ2v) is 5.23. The summed E-state index contributed by atoms with van der Waals surface area (Å²) in [5.74, 6) is 0.648. The fourth-order valence-corrected chi connectivity index (χ4v) is 2.73. The van der Waals surface area contributed by atoms with Gasteiger partial charge in [0.15, 0.2) is 0 Å². The van der Waals surface area contributed by atoms with Crippen LogP contribution in [-0.2, 0) is 11.2 Å². The Morgan fingerprint density at radius 3 is 3.11 bits per heavy atom. The van der Waals surface area contributed by atoms with Gasteiger partial charge in [0, 0.05) is 18.8 Å². The number of hydrogen-bond donors (Lipinski definition) is 2. The van der Waals surface area contributed by atoms with Gasteiger partial charge in [-0.25, -0.2) is 4.98 Å². The number of nitrogens with one attached hydrogen (secondary N) is 1. The molecule has 2 heterocycles. The van der Waals surface area contributed by atoms with E-state index < -0.39 is 0 Å². The molecule has 3 N–H and O–H groups in total. The average Bonchev–Trinajstić information content (AvgIpc) is 2.43. The first-order valence-electron chi connectivity index (χ1n) is 7.34. The molecular weight excluding hydrogens is 238 g/mol. The van der Waals surface area contributed by atoms with Crippen LogP contribution in [0.1, 0.15) is 38.2 Å². The quantitative estimate of drug-likeness (QED) is 0.825. The van der Waals surface area contributed by atoms with Gasteiger partial charge in [0.1, 0.15) is 5.82 Å². The van der Waals surface area contributed by atoms with Gasteiger partial charge in [0.2, 0.25) is 0 Å². The molecule has 0 bridgehead atoms. The zero-order valence-corrected chi connectivity index (χ0v) is 11.8. The molecule has 1 aromatic heterocycles. The second kappa shape index (κ2) is 7.46. The van der Waals surface area contributed by atoms with Crippen molar-refractivity contribution in [2.24, 2.45) is 0 Å². The van der Waals surface area contributed by atoms with Crippen LogP contribution in [0.2, 0.25) is 0 Å². The standard InChI is InChI=1S/C15H25N3O/c1-2-17-13(11-14-7-3-4-9-19-14)10-12-6-5-8-18-15(12)16/h5-6,8,13-14,17H,2-4,7,9-11H2,1H3,(H2,16,18). The Hall–Kier alpha value is -1.13. The Kier molecular flexibility index (Phi) is 5.61. The molecule has 2 rings (SSSR count). The van der Waals surface area contributed by atoms with E-state index in [1.54, 1.807) is 6.20 Å². The summed E-state index contributed by atoms with van der Waals surface area (Å²) < 4.78 is 5.84. The molecule has 1 aromatic rings. The van der Waals surface area contributed by atoms with Gasteiger partial charge in [0.25, 0.3) is 0 Å². The zero-order chi connectivity index (χ0) is 13.5. The predicted molar refractivity (Wildman–Crippen MR) is 78.0 cm³/mol. The molecule has 0 spiro atoms. The lowest BCUT2D eigenvalue weighted by atomic mass is 9.97. The van der Waals surface area contributed by atoms with Gasteiger partial charge in [-0.2, -0.15) is 0 Å². The van der Waals surface area contributed by atoms with E-state index in [0.717, 1.165) is 31.6 Å². The van der Waals surface area contributed by atoms with E-state index in [0.29, 0.717) is 18.0 Å². The molecule has 0 aliphatic carbocycles. The van der Waals surface area contributed by atoms with Gasteiger partial charge in [-0.3, -0.25) is 0 Å². The number of pyridine rings is 1. The van der Waals surface area contributed by atoms with Crippen molar-refractivity contribution in [3.63, 3.8) is 0 Å². The second-order valence-electron chi connectivity index (χ2n) is 5.23. The first-order chi connectivity index (χ1) is 9.29. The Morgan fingerprint density at radius 2 is 2.42 bits per heavy atom. The highest BCUT2D eigenvalue weighted by Crippen LogP contribution is 2.19. The van der Waals surface area contributed by atoms with Crippen molar-refractivity contribution in [2.45, 2.75) is 51.2 Å². The highest BCUT2D eigenvalue weighted by atomic mass is 16.5. The number of nitrogens with two attached hydrogens (primary N) is 1. The van der Waals surface area contributed by atoms with Gasteiger partial charge < -0.3 is 15.8 Å². The van der Waals surface area contributed by atoms with Crippen LogP contribution in [0.15, 0.2) is 18.3 Å². The van der Waals surface area contributed by atoms with Gasteiger partial charge in [-0.05, 0) is 50.3 Å². The normalized spacial score (nSPS) is 21.2. The molecule has 4 heteroatoms. The number of rotatable bonds is 6. The van der Waals surface area contributed by atoms with Gasteiger partial charge >= 0.3 is 0 Å². The van der Waals surface area contributed by atoms with Gasteiger partial charge in [-0.15, -0.1) is 0 Å². The minimum atomic E-state index is 0.399. The highest BCUT2D eigenvalue weighted by Gasteiger charge is 2.20. The third kappa shape index (κ3) is 4.48. The van der Waals surface area contributed by atoms with Crippen LogP contribution in [0.4, 0.5) is 5.82 Å². The molecular formula is C15H25N3O.